The van der Waals surface area contributed by atoms with Crippen molar-refractivity contribution in [3.8, 4) is 0 Å². The first-order chi connectivity index (χ1) is 7.91. The number of hydrogen-bond acceptors (Lipinski definition) is 3. The third-order valence-electron chi connectivity index (χ3n) is 2.27. The van der Waals surface area contributed by atoms with Crippen LogP contribution in [0.4, 0.5) is 0 Å². The summed E-state index contributed by atoms with van der Waals surface area (Å²) in [6, 6.07) is 6.33. The Bertz CT molecular complexity index is 446. The van der Waals surface area contributed by atoms with Crippen LogP contribution in [0.15, 0.2) is 24.3 Å². The highest BCUT2D eigenvalue weighted by molar-refractivity contribution is 6.07. The molecule has 0 spiro atoms. The minimum Gasteiger partial charge on any atom is -0.345 e. The Hall–Kier alpha value is -1.97. The molecule has 0 saturated heterocycles. The number of benzene rings is 1. The van der Waals surface area contributed by atoms with Crippen LogP contribution in [0.25, 0.3) is 0 Å². The van der Waals surface area contributed by atoms with Gasteiger partial charge in [0.15, 0.2) is 5.78 Å². The monoisotopic (exact) mass is 233 g/mol. The molecule has 0 aliphatic carbocycles. The molecule has 4 heteroatoms. The molecule has 1 amide bonds. The van der Waals surface area contributed by atoms with Crippen molar-refractivity contribution in [3.63, 3.8) is 0 Å². The van der Waals surface area contributed by atoms with Gasteiger partial charge in [-0.05, 0) is 19.1 Å². The van der Waals surface area contributed by atoms with Crippen LogP contribution in [-0.2, 0) is 4.79 Å². The van der Waals surface area contributed by atoms with Gasteiger partial charge in [0.05, 0.1) is 6.42 Å². The molecule has 0 aromatic heterocycles. The zero-order valence-electron chi connectivity index (χ0n) is 10.2. The number of carbonyl (C=O) groups excluding carboxylic acids is 3. The lowest BCUT2D eigenvalue weighted by Crippen LogP contribution is -2.21. The number of rotatable bonds is 4. The maximum Gasteiger partial charge on any atom is 0.253 e. The lowest BCUT2D eigenvalue weighted by Gasteiger charge is -2.10. The van der Waals surface area contributed by atoms with E-state index < -0.39 is 0 Å². The average Bonchev–Trinajstić information content (AvgIpc) is 2.27. The van der Waals surface area contributed by atoms with E-state index >= 15 is 0 Å². The van der Waals surface area contributed by atoms with E-state index in [9.17, 15) is 14.4 Å². The summed E-state index contributed by atoms with van der Waals surface area (Å²) in [6.07, 6.45) is -0.0963. The molecule has 0 atom stereocenters. The van der Waals surface area contributed by atoms with E-state index in [1.807, 2.05) is 0 Å². The minimum absolute atomic E-state index is 0.0963. The lowest BCUT2D eigenvalue weighted by molar-refractivity contribution is -0.116. The maximum atomic E-state index is 11.6. The molecule has 0 fully saturated rings. The molecule has 0 heterocycles. The topological polar surface area (TPSA) is 54.5 Å². The smallest absolute Gasteiger partial charge is 0.253 e. The average molecular weight is 233 g/mol. The van der Waals surface area contributed by atoms with E-state index in [4.69, 9.17) is 0 Å². The van der Waals surface area contributed by atoms with Gasteiger partial charge in [-0.2, -0.15) is 0 Å². The normalized spacial score (nSPS) is 9.82. The molecule has 17 heavy (non-hydrogen) atoms. The Kier molecular flexibility index (Phi) is 4.15. The fourth-order valence-corrected chi connectivity index (χ4v) is 1.39. The van der Waals surface area contributed by atoms with E-state index in [0.29, 0.717) is 11.1 Å². The Labute approximate surface area is 100 Å². The number of nitrogens with zero attached hydrogens (tertiary/aromatic N) is 1. The maximum absolute atomic E-state index is 11.6. The van der Waals surface area contributed by atoms with Crippen LogP contribution in [0.1, 0.15) is 34.1 Å². The second kappa shape index (κ2) is 5.39. The van der Waals surface area contributed by atoms with Crippen LogP contribution >= 0.6 is 0 Å². The lowest BCUT2D eigenvalue weighted by atomic mass is 10.0. The summed E-state index contributed by atoms with van der Waals surface area (Å²) in [5.74, 6) is -0.500. The third-order valence-corrected chi connectivity index (χ3v) is 2.27. The van der Waals surface area contributed by atoms with Gasteiger partial charge in [-0.1, -0.05) is 12.1 Å². The summed E-state index contributed by atoms with van der Waals surface area (Å²) in [7, 11) is 3.33. The first-order valence-electron chi connectivity index (χ1n) is 5.26. The van der Waals surface area contributed by atoms with Crippen LogP contribution in [0.2, 0.25) is 0 Å². The van der Waals surface area contributed by atoms with Crippen molar-refractivity contribution in [2.24, 2.45) is 0 Å². The molecule has 0 saturated carbocycles. The van der Waals surface area contributed by atoms with Crippen LogP contribution in [0, 0.1) is 0 Å². The second-order valence-corrected chi connectivity index (χ2v) is 4.08. The van der Waals surface area contributed by atoms with Crippen molar-refractivity contribution in [1.82, 2.24) is 4.90 Å². The van der Waals surface area contributed by atoms with Gasteiger partial charge in [-0.3, -0.25) is 14.4 Å². The van der Waals surface area contributed by atoms with Crippen molar-refractivity contribution < 1.29 is 14.4 Å². The van der Waals surface area contributed by atoms with Crippen molar-refractivity contribution in [2.45, 2.75) is 13.3 Å². The molecule has 1 aromatic rings. The first kappa shape index (κ1) is 13.1. The van der Waals surface area contributed by atoms with Gasteiger partial charge >= 0.3 is 0 Å². The number of amides is 1. The highest BCUT2D eigenvalue weighted by Crippen LogP contribution is 2.08. The van der Waals surface area contributed by atoms with E-state index in [-0.39, 0.29) is 23.9 Å². The fourth-order valence-electron chi connectivity index (χ4n) is 1.39. The summed E-state index contributed by atoms with van der Waals surface area (Å²) in [4.78, 5) is 35.4. The first-order valence-corrected chi connectivity index (χ1v) is 5.26. The molecule has 0 N–H and O–H groups in total. The summed E-state index contributed by atoms with van der Waals surface area (Å²) in [5, 5.41) is 0. The zero-order chi connectivity index (χ0) is 13.0. The SMILES string of the molecule is CC(=O)CC(=O)c1ccc(C(=O)N(C)C)cc1. The van der Waals surface area contributed by atoms with Gasteiger partial charge in [0.25, 0.3) is 5.91 Å². The number of hydrogen-bond donors (Lipinski definition) is 0. The molecule has 0 bridgehead atoms. The Morgan fingerprint density at radius 3 is 1.88 bits per heavy atom. The minimum atomic E-state index is -0.221. The van der Waals surface area contributed by atoms with E-state index in [0.717, 1.165) is 0 Å². The molecule has 0 radical (unpaired) electrons. The van der Waals surface area contributed by atoms with E-state index in [1.165, 1.54) is 11.8 Å². The van der Waals surface area contributed by atoms with Crippen molar-refractivity contribution in [1.29, 1.82) is 0 Å². The predicted molar refractivity (Wildman–Crippen MR) is 64.1 cm³/mol. The van der Waals surface area contributed by atoms with Gasteiger partial charge in [0.1, 0.15) is 5.78 Å². The van der Waals surface area contributed by atoms with E-state index in [2.05, 4.69) is 0 Å². The highest BCUT2D eigenvalue weighted by Gasteiger charge is 2.11. The summed E-state index contributed by atoms with van der Waals surface area (Å²) in [6.45, 7) is 1.38. The highest BCUT2D eigenvalue weighted by atomic mass is 16.2. The molecular weight excluding hydrogens is 218 g/mol. The Balaban J connectivity index is 2.85. The van der Waals surface area contributed by atoms with Gasteiger partial charge < -0.3 is 4.90 Å². The summed E-state index contributed by atoms with van der Waals surface area (Å²) in [5.41, 5.74) is 0.977. The number of carbonyl (C=O) groups is 3. The second-order valence-electron chi connectivity index (χ2n) is 4.08. The third kappa shape index (κ3) is 3.52. The Morgan fingerprint density at radius 1 is 1.00 bits per heavy atom. The van der Waals surface area contributed by atoms with Crippen LogP contribution in [-0.4, -0.2) is 36.5 Å². The van der Waals surface area contributed by atoms with Crippen molar-refractivity contribution >= 4 is 17.5 Å². The molecule has 0 unspecified atom stereocenters. The van der Waals surface area contributed by atoms with Crippen LogP contribution in [0.5, 0.6) is 0 Å². The molecule has 0 aliphatic heterocycles. The molecule has 90 valence electrons. The quantitative estimate of drug-likeness (QED) is 0.585. The van der Waals surface area contributed by atoms with Crippen LogP contribution < -0.4 is 0 Å². The van der Waals surface area contributed by atoms with Crippen LogP contribution in [0.3, 0.4) is 0 Å². The fraction of sp³-hybridized carbons (Fsp3) is 0.308. The molecule has 1 aromatic carbocycles. The zero-order valence-corrected chi connectivity index (χ0v) is 10.2. The van der Waals surface area contributed by atoms with E-state index in [1.54, 1.807) is 38.4 Å². The molecule has 1 rings (SSSR count). The Morgan fingerprint density at radius 2 is 1.47 bits per heavy atom. The molecular formula is C13H15NO3. The van der Waals surface area contributed by atoms with Crippen molar-refractivity contribution in [2.75, 3.05) is 14.1 Å². The summed E-state index contributed by atoms with van der Waals surface area (Å²) < 4.78 is 0. The van der Waals surface area contributed by atoms with Gasteiger partial charge in [-0.15, -0.1) is 0 Å². The summed E-state index contributed by atoms with van der Waals surface area (Å²) >= 11 is 0. The molecule has 0 aliphatic rings. The predicted octanol–water partition coefficient (Wildman–Crippen LogP) is 1.55. The van der Waals surface area contributed by atoms with Gasteiger partial charge in [0, 0.05) is 25.2 Å². The number of Topliss-reactive ketones (excluding diaryl/α,β-unsaturated/α-hetero) is 2. The molecule has 4 nitrogen and oxygen atoms in total. The largest absolute Gasteiger partial charge is 0.345 e. The van der Waals surface area contributed by atoms with Gasteiger partial charge in [-0.25, -0.2) is 0 Å². The standard InChI is InChI=1S/C13H15NO3/c1-9(15)8-12(16)10-4-6-11(7-5-10)13(17)14(2)3/h4-7H,8H2,1-3H3. The van der Waals surface area contributed by atoms with Gasteiger partial charge in [0.2, 0.25) is 0 Å². The van der Waals surface area contributed by atoms with Crippen molar-refractivity contribution in [3.05, 3.63) is 35.4 Å². The number of ketones is 2.